The number of rotatable bonds is 8. The van der Waals surface area contributed by atoms with E-state index in [1.54, 1.807) is 6.08 Å². The van der Waals surface area contributed by atoms with Gasteiger partial charge >= 0.3 is 11.9 Å². The quantitative estimate of drug-likeness (QED) is 0.655. The maximum absolute atomic E-state index is 10.4. The van der Waals surface area contributed by atoms with Crippen LogP contribution in [0.3, 0.4) is 0 Å². The van der Waals surface area contributed by atoms with Gasteiger partial charge in [0.2, 0.25) is 0 Å². The summed E-state index contributed by atoms with van der Waals surface area (Å²) >= 11 is 0. The summed E-state index contributed by atoms with van der Waals surface area (Å²) in [4.78, 5) is 20.4. The van der Waals surface area contributed by atoms with E-state index >= 15 is 0 Å². The number of aliphatic carboxylic acids is 2. The highest BCUT2D eigenvalue weighted by Gasteiger charge is 1.99. The van der Waals surface area contributed by atoms with Crippen molar-refractivity contribution in [1.82, 2.24) is 0 Å². The molecular formula is C22H24O5. The number of carboxylic acids is 2. The van der Waals surface area contributed by atoms with Crippen LogP contribution in [-0.2, 0) is 16.2 Å². The van der Waals surface area contributed by atoms with Crippen LogP contribution in [0.4, 0.5) is 0 Å². The predicted molar refractivity (Wildman–Crippen MR) is 106 cm³/mol. The maximum Gasteiger partial charge on any atom is 0.330 e. The fourth-order valence-electron chi connectivity index (χ4n) is 1.99. The Bertz CT molecular complexity index is 761. The molecule has 27 heavy (non-hydrogen) atoms. The Morgan fingerprint density at radius 2 is 1.67 bits per heavy atom. The van der Waals surface area contributed by atoms with Crippen LogP contribution in [0, 0.1) is 0 Å². The molecule has 2 aromatic rings. The van der Waals surface area contributed by atoms with Gasteiger partial charge in [0.25, 0.3) is 0 Å². The molecule has 0 bridgehead atoms. The van der Waals surface area contributed by atoms with E-state index in [4.69, 9.17) is 14.9 Å². The molecule has 2 N–H and O–H groups in total. The zero-order chi connectivity index (χ0) is 20.1. The van der Waals surface area contributed by atoms with Crippen LogP contribution in [0.1, 0.15) is 30.9 Å². The van der Waals surface area contributed by atoms with E-state index in [2.05, 4.69) is 6.58 Å². The molecule has 0 radical (unpaired) electrons. The highest BCUT2D eigenvalue weighted by molar-refractivity contribution is 5.85. The van der Waals surface area contributed by atoms with Crippen molar-refractivity contribution in [2.24, 2.45) is 0 Å². The lowest BCUT2D eigenvalue weighted by Crippen LogP contribution is -1.97. The second-order valence-electron chi connectivity index (χ2n) is 5.67. The molecule has 0 aliphatic rings. The van der Waals surface area contributed by atoms with Crippen molar-refractivity contribution in [3.8, 4) is 5.75 Å². The first-order valence-electron chi connectivity index (χ1n) is 8.51. The summed E-state index contributed by atoms with van der Waals surface area (Å²) in [7, 11) is 0. The van der Waals surface area contributed by atoms with Gasteiger partial charge in [-0.15, -0.1) is 0 Å². The van der Waals surface area contributed by atoms with Crippen molar-refractivity contribution in [2.75, 3.05) is 0 Å². The largest absolute Gasteiger partial charge is 0.489 e. The van der Waals surface area contributed by atoms with Gasteiger partial charge < -0.3 is 14.9 Å². The predicted octanol–water partition coefficient (Wildman–Crippen LogP) is 4.79. The Morgan fingerprint density at radius 1 is 1.04 bits per heavy atom. The Morgan fingerprint density at radius 3 is 2.15 bits per heavy atom. The molecule has 0 fully saturated rings. The van der Waals surface area contributed by atoms with Crippen molar-refractivity contribution in [3.63, 3.8) is 0 Å². The molecule has 0 amide bonds. The first-order valence-corrected chi connectivity index (χ1v) is 8.51. The first-order chi connectivity index (χ1) is 12.9. The van der Waals surface area contributed by atoms with Gasteiger partial charge in [-0.3, -0.25) is 0 Å². The highest BCUT2D eigenvalue weighted by atomic mass is 16.5. The summed E-state index contributed by atoms with van der Waals surface area (Å²) in [6, 6.07) is 17.2. The molecule has 0 atom stereocenters. The SMILES string of the molecule is C=C(CCC)C(=O)O.O=C(O)C=Cc1ccc(OCc2ccccc2)cc1. The smallest absolute Gasteiger partial charge is 0.330 e. The van der Waals surface area contributed by atoms with Gasteiger partial charge in [0.15, 0.2) is 0 Å². The molecule has 0 aliphatic carbocycles. The van der Waals surface area contributed by atoms with Gasteiger partial charge in [-0.1, -0.05) is 62.4 Å². The van der Waals surface area contributed by atoms with E-state index in [9.17, 15) is 9.59 Å². The van der Waals surface area contributed by atoms with Crippen LogP contribution in [0.15, 0.2) is 72.8 Å². The minimum atomic E-state index is -0.954. The highest BCUT2D eigenvalue weighted by Crippen LogP contribution is 2.15. The fraction of sp³-hybridized carbons (Fsp3) is 0.182. The minimum absolute atomic E-state index is 0.299. The second-order valence-corrected chi connectivity index (χ2v) is 5.67. The summed E-state index contributed by atoms with van der Waals surface area (Å²) in [5.41, 5.74) is 2.24. The summed E-state index contributed by atoms with van der Waals surface area (Å²) in [6.45, 7) is 5.79. The van der Waals surface area contributed by atoms with E-state index in [1.165, 1.54) is 0 Å². The third-order valence-corrected chi connectivity index (χ3v) is 3.40. The number of hydrogen-bond acceptors (Lipinski definition) is 3. The van der Waals surface area contributed by atoms with E-state index in [1.807, 2.05) is 61.5 Å². The molecule has 0 spiro atoms. The van der Waals surface area contributed by atoms with E-state index < -0.39 is 11.9 Å². The van der Waals surface area contributed by atoms with Crippen molar-refractivity contribution in [3.05, 3.63) is 84.0 Å². The van der Waals surface area contributed by atoms with Gasteiger partial charge in [0.05, 0.1) is 0 Å². The normalized spacial score (nSPS) is 9.96. The molecule has 5 heteroatoms. The zero-order valence-electron chi connectivity index (χ0n) is 15.3. The molecular weight excluding hydrogens is 344 g/mol. The van der Waals surface area contributed by atoms with Crippen molar-refractivity contribution in [1.29, 1.82) is 0 Å². The van der Waals surface area contributed by atoms with Gasteiger partial charge in [-0.25, -0.2) is 9.59 Å². The van der Waals surface area contributed by atoms with E-state index in [0.29, 0.717) is 18.6 Å². The Kier molecular flexibility index (Phi) is 9.71. The minimum Gasteiger partial charge on any atom is -0.489 e. The van der Waals surface area contributed by atoms with Crippen LogP contribution >= 0.6 is 0 Å². The molecule has 2 aromatic carbocycles. The fourth-order valence-corrected chi connectivity index (χ4v) is 1.99. The summed E-state index contributed by atoms with van der Waals surface area (Å²) in [5, 5.41) is 16.7. The standard InChI is InChI=1S/C16H14O3.C6H10O2/c17-16(18)11-8-13-6-9-15(10-7-13)19-12-14-4-2-1-3-5-14;1-3-4-5(2)6(7)8/h1-11H,12H2,(H,17,18);2-4H2,1H3,(H,7,8). The molecule has 0 saturated heterocycles. The molecule has 0 saturated carbocycles. The van der Waals surface area contributed by atoms with Crippen molar-refractivity contribution >= 4 is 18.0 Å². The number of carboxylic acid groups (broad SMARTS) is 2. The van der Waals surface area contributed by atoms with Gasteiger partial charge in [0.1, 0.15) is 12.4 Å². The monoisotopic (exact) mass is 368 g/mol. The lowest BCUT2D eigenvalue weighted by atomic mass is 10.2. The zero-order valence-corrected chi connectivity index (χ0v) is 15.3. The van der Waals surface area contributed by atoms with Crippen molar-refractivity contribution in [2.45, 2.75) is 26.4 Å². The first kappa shape index (κ1) is 21.7. The lowest BCUT2D eigenvalue weighted by Gasteiger charge is -2.06. The number of ether oxygens (including phenoxy) is 1. The third kappa shape index (κ3) is 9.65. The van der Waals surface area contributed by atoms with Crippen molar-refractivity contribution < 1.29 is 24.5 Å². The average Bonchev–Trinajstić information content (AvgIpc) is 2.67. The molecule has 0 aliphatic heterocycles. The number of carbonyl (C=O) groups is 2. The summed E-state index contributed by atoms with van der Waals surface area (Å²) < 4.78 is 5.63. The summed E-state index contributed by atoms with van der Waals surface area (Å²) in [5.74, 6) is -1.08. The van der Waals surface area contributed by atoms with E-state index in [-0.39, 0.29) is 0 Å². The van der Waals surface area contributed by atoms with E-state index in [0.717, 1.165) is 29.4 Å². The van der Waals surface area contributed by atoms with Crippen LogP contribution in [0.2, 0.25) is 0 Å². The molecule has 0 aromatic heterocycles. The lowest BCUT2D eigenvalue weighted by molar-refractivity contribution is -0.133. The van der Waals surface area contributed by atoms with Gasteiger partial charge in [0, 0.05) is 11.6 Å². The maximum atomic E-state index is 10.4. The summed E-state index contributed by atoms with van der Waals surface area (Å²) in [6.07, 6.45) is 4.10. The number of hydrogen-bond donors (Lipinski definition) is 2. The van der Waals surface area contributed by atoms with Gasteiger partial charge in [-0.05, 0) is 35.8 Å². The second kappa shape index (κ2) is 12.1. The molecule has 2 rings (SSSR count). The number of benzene rings is 2. The van der Waals surface area contributed by atoms with Gasteiger partial charge in [-0.2, -0.15) is 0 Å². The molecule has 0 unspecified atom stereocenters. The topological polar surface area (TPSA) is 83.8 Å². The third-order valence-electron chi connectivity index (χ3n) is 3.40. The molecule has 5 nitrogen and oxygen atoms in total. The van der Waals surface area contributed by atoms with Crippen LogP contribution in [0.25, 0.3) is 6.08 Å². The average molecular weight is 368 g/mol. The Hall–Kier alpha value is -3.34. The van der Waals surface area contributed by atoms with Crippen LogP contribution in [0.5, 0.6) is 5.75 Å². The molecule has 142 valence electrons. The Labute approximate surface area is 159 Å². The van der Waals surface area contributed by atoms with Crippen LogP contribution < -0.4 is 4.74 Å². The molecule has 0 heterocycles. The van der Waals surface area contributed by atoms with Crippen LogP contribution in [-0.4, -0.2) is 22.2 Å². The Balaban J connectivity index is 0.000000387.